The van der Waals surface area contributed by atoms with Crippen molar-refractivity contribution in [2.45, 2.75) is 26.7 Å². The molecule has 1 heterocycles. The van der Waals surface area contributed by atoms with Gasteiger partial charge in [0.15, 0.2) is 0 Å². The first-order valence-corrected chi connectivity index (χ1v) is 6.55. The summed E-state index contributed by atoms with van der Waals surface area (Å²) in [6.45, 7) is 6.50. The monoisotopic (exact) mass is 267 g/mol. The van der Waals surface area contributed by atoms with Gasteiger partial charge in [0, 0.05) is 13.1 Å². The van der Waals surface area contributed by atoms with Crippen molar-refractivity contribution < 1.29 is 9.90 Å². The average Bonchev–Trinajstić information content (AvgIpc) is 2.29. The van der Waals surface area contributed by atoms with Crippen molar-refractivity contribution in [2.75, 3.05) is 18.0 Å². The van der Waals surface area contributed by atoms with Gasteiger partial charge in [0.25, 0.3) is 0 Å². The van der Waals surface area contributed by atoms with Gasteiger partial charge in [0.1, 0.15) is 0 Å². The minimum atomic E-state index is -0.941. The number of benzene rings is 1. The standard InChI is InChI=1S/C14H18ClNO2/c1-14(2)5-7-16(8-6-14)12-4-3-10(13(17)18)9-11(12)15/h3-4,9H,5-8H2,1-2H3,(H,17,18). The van der Waals surface area contributed by atoms with Crippen molar-refractivity contribution in [2.24, 2.45) is 5.41 Å². The molecule has 0 saturated carbocycles. The van der Waals surface area contributed by atoms with Crippen LogP contribution in [0.1, 0.15) is 37.0 Å². The predicted octanol–water partition coefficient (Wildman–Crippen LogP) is 3.66. The quantitative estimate of drug-likeness (QED) is 0.889. The van der Waals surface area contributed by atoms with Gasteiger partial charge in [0.2, 0.25) is 0 Å². The molecular weight excluding hydrogens is 250 g/mol. The molecule has 1 aliphatic rings. The first kappa shape index (κ1) is 13.2. The highest BCUT2D eigenvalue weighted by Crippen LogP contribution is 2.35. The highest BCUT2D eigenvalue weighted by molar-refractivity contribution is 6.33. The Labute approximate surface area is 112 Å². The Bertz CT molecular complexity index is 461. The fraction of sp³-hybridized carbons (Fsp3) is 0.500. The fourth-order valence-corrected chi connectivity index (χ4v) is 2.55. The summed E-state index contributed by atoms with van der Waals surface area (Å²) in [5.41, 5.74) is 1.57. The molecule has 1 aromatic rings. The number of halogens is 1. The summed E-state index contributed by atoms with van der Waals surface area (Å²) in [5, 5.41) is 9.43. The average molecular weight is 268 g/mol. The van der Waals surface area contributed by atoms with Crippen LogP contribution >= 0.6 is 11.6 Å². The molecule has 3 nitrogen and oxygen atoms in total. The fourth-order valence-electron chi connectivity index (χ4n) is 2.25. The molecule has 0 spiro atoms. The van der Waals surface area contributed by atoms with Gasteiger partial charge in [-0.05, 0) is 36.5 Å². The van der Waals surface area contributed by atoms with Crippen molar-refractivity contribution in [3.05, 3.63) is 28.8 Å². The Morgan fingerprint density at radius 1 is 1.33 bits per heavy atom. The van der Waals surface area contributed by atoms with Crippen LogP contribution in [-0.2, 0) is 0 Å². The number of anilines is 1. The van der Waals surface area contributed by atoms with E-state index in [-0.39, 0.29) is 5.56 Å². The second kappa shape index (κ2) is 4.81. The molecule has 0 unspecified atom stereocenters. The first-order valence-electron chi connectivity index (χ1n) is 6.17. The molecule has 4 heteroatoms. The number of carboxylic acids is 1. The van der Waals surface area contributed by atoms with E-state index in [2.05, 4.69) is 18.7 Å². The van der Waals surface area contributed by atoms with Crippen LogP contribution in [0.5, 0.6) is 0 Å². The number of hydrogen-bond acceptors (Lipinski definition) is 2. The van der Waals surface area contributed by atoms with E-state index >= 15 is 0 Å². The zero-order chi connectivity index (χ0) is 13.3. The van der Waals surface area contributed by atoms with Gasteiger partial charge < -0.3 is 10.0 Å². The SMILES string of the molecule is CC1(C)CCN(c2ccc(C(=O)O)cc2Cl)CC1. The lowest BCUT2D eigenvalue weighted by Crippen LogP contribution is -2.37. The van der Waals surface area contributed by atoms with Gasteiger partial charge in [-0.2, -0.15) is 0 Å². The molecule has 1 saturated heterocycles. The Balaban J connectivity index is 2.17. The maximum Gasteiger partial charge on any atom is 0.335 e. The summed E-state index contributed by atoms with van der Waals surface area (Å²) >= 11 is 6.17. The molecule has 1 fully saturated rings. The van der Waals surface area contributed by atoms with Crippen LogP contribution in [0.3, 0.4) is 0 Å². The van der Waals surface area contributed by atoms with E-state index in [4.69, 9.17) is 16.7 Å². The zero-order valence-electron chi connectivity index (χ0n) is 10.7. The van der Waals surface area contributed by atoms with E-state index in [1.165, 1.54) is 6.07 Å². The van der Waals surface area contributed by atoms with Gasteiger partial charge in [-0.1, -0.05) is 25.4 Å². The van der Waals surface area contributed by atoms with Gasteiger partial charge in [-0.25, -0.2) is 4.79 Å². The third-order valence-corrected chi connectivity index (χ3v) is 3.96. The van der Waals surface area contributed by atoms with Crippen LogP contribution < -0.4 is 4.90 Å². The van der Waals surface area contributed by atoms with Gasteiger partial charge in [0.05, 0.1) is 16.3 Å². The number of carbonyl (C=O) groups is 1. The summed E-state index contributed by atoms with van der Waals surface area (Å²) in [6.07, 6.45) is 2.26. The van der Waals surface area contributed by atoms with Crippen LogP contribution in [0.4, 0.5) is 5.69 Å². The lowest BCUT2D eigenvalue weighted by atomic mass is 9.82. The lowest BCUT2D eigenvalue weighted by molar-refractivity contribution is 0.0697. The molecule has 0 amide bonds. The molecule has 0 aromatic heterocycles. The molecule has 1 aromatic carbocycles. The highest BCUT2D eigenvalue weighted by Gasteiger charge is 2.26. The van der Waals surface area contributed by atoms with E-state index in [0.29, 0.717) is 10.4 Å². The molecule has 0 bridgehead atoms. The number of nitrogens with zero attached hydrogens (tertiary/aromatic N) is 1. The van der Waals surface area contributed by atoms with Crippen molar-refractivity contribution in [3.8, 4) is 0 Å². The minimum absolute atomic E-state index is 0.237. The smallest absolute Gasteiger partial charge is 0.335 e. The normalized spacial score (nSPS) is 18.7. The predicted molar refractivity (Wildman–Crippen MR) is 73.6 cm³/mol. The molecule has 0 aliphatic carbocycles. The molecule has 0 atom stereocenters. The van der Waals surface area contributed by atoms with Crippen LogP contribution in [0.15, 0.2) is 18.2 Å². The Morgan fingerprint density at radius 2 is 1.94 bits per heavy atom. The van der Waals surface area contributed by atoms with Gasteiger partial charge in [-0.15, -0.1) is 0 Å². The van der Waals surface area contributed by atoms with E-state index in [0.717, 1.165) is 31.6 Å². The number of carboxylic acid groups (broad SMARTS) is 1. The topological polar surface area (TPSA) is 40.5 Å². The molecular formula is C14H18ClNO2. The lowest BCUT2D eigenvalue weighted by Gasteiger charge is -2.38. The summed E-state index contributed by atoms with van der Waals surface area (Å²) < 4.78 is 0. The number of aromatic carboxylic acids is 1. The number of piperidine rings is 1. The van der Waals surface area contributed by atoms with E-state index in [1.54, 1.807) is 6.07 Å². The highest BCUT2D eigenvalue weighted by atomic mass is 35.5. The molecule has 98 valence electrons. The van der Waals surface area contributed by atoms with E-state index in [1.807, 2.05) is 6.07 Å². The largest absolute Gasteiger partial charge is 0.478 e. The van der Waals surface area contributed by atoms with Crippen molar-refractivity contribution in [1.29, 1.82) is 0 Å². The van der Waals surface area contributed by atoms with E-state index in [9.17, 15) is 4.79 Å². The summed E-state index contributed by atoms with van der Waals surface area (Å²) in [7, 11) is 0. The van der Waals surface area contributed by atoms with Gasteiger partial charge >= 0.3 is 5.97 Å². The van der Waals surface area contributed by atoms with Crippen LogP contribution in [0.25, 0.3) is 0 Å². The second-order valence-electron chi connectivity index (χ2n) is 5.62. The van der Waals surface area contributed by atoms with Crippen molar-refractivity contribution in [3.63, 3.8) is 0 Å². The van der Waals surface area contributed by atoms with Crippen LogP contribution in [-0.4, -0.2) is 24.2 Å². The van der Waals surface area contributed by atoms with Crippen molar-refractivity contribution >= 4 is 23.3 Å². The first-order chi connectivity index (χ1) is 8.39. The molecule has 18 heavy (non-hydrogen) atoms. The van der Waals surface area contributed by atoms with E-state index < -0.39 is 5.97 Å². The van der Waals surface area contributed by atoms with Crippen molar-refractivity contribution in [1.82, 2.24) is 0 Å². The van der Waals surface area contributed by atoms with Crippen LogP contribution in [0.2, 0.25) is 5.02 Å². The summed E-state index contributed by atoms with van der Waals surface area (Å²) in [4.78, 5) is 13.1. The third-order valence-electron chi connectivity index (χ3n) is 3.65. The Morgan fingerprint density at radius 3 is 2.44 bits per heavy atom. The maximum atomic E-state index is 10.9. The summed E-state index contributed by atoms with van der Waals surface area (Å²) in [5.74, 6) is -0.941. The third kappa shape index (κ3) is 2.78. The molecule has 0 radical (unpaired) electrons. The zero-order valence-corrected chi connectivity index (χ0v) is 11.5. The second-order valence-corrected chi connectivity index (χ2v) is 6.03. The number of hydrogen-bond donors (Lipinski definition) is 1. The molecule has 2 rings (SSSR count). The van der Waals surface area contributed by atoms with Gasteiger partial charge in [-0.3, -0.25) is 0 Å². The number of rotatable bonds is 2. The maximum absolute atomic E-state index is 10.9. The minimum Gasteiger partial charge on any atom is -0.478 e. The van der Waals surface area contributed by atoms with Crippen LogP contribution in [0, 0.1) is 5.41 Å². The summed E-state index contributed by atoms with van der Waals surface area (Å²) in [6, 6.07) is 4.95. The molecule has 1 N–H and O–H groups in total. The Hall–Kier alpha value is -1.22. The molecule has 1 aliphatic heterocycles. The Kier molecular flexibility index (Phi) is 3.53.